The van der Waals surface area contributed by atoms with Crippen LogP contribution in [0.3, 0.4) is 0 Å². The average Bonchev–Trinajstić information content (AvgIpc) is 2.18. The first-order valence-electron chi connectivity index (χ1n) is 5.45. The van der Waals surface area contributed by atoms with Crippen LogP contribution in [0.5, 0.6) is 0 Å². The second-order valence-electron chi connectivity index (χ2n) is 3.42. The third kappa shape index (κ3) is 9.05. The molecule has 0 aliphatic rings. The molecule has 0 spiro atoms. The first-order valence-corrected chi connectivity index (χ1v) is 5.45. The minimum absolute atomic E-state index is 0.149. The maximum Gasteiger partial charge on any atom is 0.219 e. The lowest BCUT2D eigenvalue weighted by Gasteiger charge is -2.03. The highest BCUT2D eigenvalue weighted by molar-refractivity contribution is 5.75. The summed E-state index contributed by atoms with van der Waals surface area (Å²) in [5.41, 5.74) is 0. The molecule has 0 bridgehead atoms. The molecule has 0 saturated heterocycles. The summed E-state index contributed by atoms with van der Waals surface area (Å²) < 4.78 is 0. The van der Waals surface area contributed by atoms with Crippen molar-refractivity contribution in [3.05, 3.63) is 0 Å². The van der Waals surface area contributed by atoms with Crippen LogP contribution in [0.2, 0.25) is 0 Å². The number of nitrogens with one attached hydrogen (secondary N) is 1. The van der Waals surface area contributed by atoms with Crippen LogP contribution in [0.15, 0.2) is 0 Å². The van der Waals surface area contributed by atoms with Gasteiger partial charge in [-0.3, -0.25) is 4.79 Å². The highest BCUT2D eigenvalue weighted by Gasteiger charge is 1.98. The predicted octanol–water partition coefficient (Wildman–Crippen LogP) is 2.38. The van der Waals surface area contributed by atoms with Crippen molar-refractivity contribution in [1.82, 2.24) is 5.32 Å². The SMILES string of the molecule is CCCCCC(=O)NCCCCC#N. The molecule has 0 aromatic heterocycles. The molecule has 0 saturated carbocycles. The van der Waals surface area contributed by atoms with Crippen LogP contribution < -0.4 is 5.32 Å². The van der Waals surface area contributed by atoms with Gasteiger partial charge in [-0.1, -0.05) is 19.8 Å². The number of hydrogen-bond donors (Lipinski definition) is 1. The van der Waals surface area contributed by atoms with Gasteiger partial charge in [0.05, 0.1) is 6.07 Å². The lowest BCUT2D eigenvalue weighted by Crippen LogP contribution is -2.23. The van der Waals surface area contributed by atoms with Gasteiger partial charge in [0.1, 0.15) is 0 Å². The topological polar surface area (TPSA) is 52.9 Å². The van der Waals surface area contributed by atoms with E-state index in [0.29, 0.717) is 19.4 Å². The molecule has 1 N–H and O–H groups in total. The molecule has 0 aromatic rings. The molecule has 0 aromatic carbocycles. The molecule has 0 radical (unpaired) electrons. The first-order chi connectivity index (χ1) is 6.81. The molecule has 0 aliphatic heterocycles. The third-order valence-electron chi connectivity index (χ3n) is 2.04. The standard InChI is InChI=1S/C11H20N2O/c1-2-3-5-8-11(14)13-10-7-4-6-9-12/h2-8,10H2,1H3,(H,13,14). The van der Waals surface area contributed by atoms with E-state index in [2.05, 4.69) is 18.3 Å². The van der Waals surface area contributed by atoms with Gasteiger partial charge in [0.15, 0.2) is 0 Å². The summed E-state index contributed by atoms with van der Waals surface area (Å²) in [5.74, 6) is 0.149. The monoisotopic (exact) mass is 196 g/mol. The van der Waals surface area contributed by atoms with Gasteiger partial charge in [0, 0.05) is 19.4 Å². The van der Waals surface area contributed by atoms with Crippen molar-refractivity contribution in [1.29, 1.82) is 5.26 Å². The fraction of sp³-hybridized carbons (Fsp3) is 0.818. The maximum absolute atomic E-state index is 11.2. The lowest BCUT2D eigenvalue weighted by molar-refractivity contribution is -0.121. The molecule has 3 nitrogen and oxygen atoms in total. The molecule has 0 fully saturated rings. The van der Waals surface area contributed by atoms with Crippen molar-refractivity contribution in [3.63, 3.8) is 0 Å². The van der Waals surface area contributed by atoms with Crippen LogP contribution in [0, 0.1) is 11.3 Å². The largest absolute Gasteiger partial charge is 0.356 e. The van der Waals surface area contributed by atoms with Gasteiger partial charge in [-0.2, -0.15) is 5.26 Å². The van der Waals surface area contributed by atoms with Crippen molar-refractivity contribution >= 4 is 5.91 Å². The summed E-state index contributed by atoms with van der Waals surface area (Å²) >= 11 is 0. The van der Waals surface area contributed by atoms with E-state index in [1.54, 1.807) is 0 Å². The molecular formula is C11H20N2O. The zero-order chi connectivity index (χ0) is 10.6. The number of nitriles is 1. The van der Waals surface area contributed by atoms with Crippen molar-refractivity contribution in [2.24, 2.45) is 0 Å². The molecule has 1 amide bonds. The number of carbonyl (C=O) groups excluding carboxylic acids is 1. The highest BCUT2D eigenvalue weighted by atomic mass is 16.1. The molecule has 0 aliphatic carbocycles. The number of rotatable bonds is 8. The highest BCUT2D eigenvalue weighted by Crippen LogP contribution is 1.98. The number of nitrogens with zero attached hydrogens (tertiary/aromatic N) is 1. The Morgan fingerprint density at radius 1 is 1.29 bits per heavy atom. The van der Waals surface area contributed by atoms with Crippen LogP contribution >= 0.6 is 0 Å². The number of amides is 1. The maximum atomic E-state index is 11.2. The molecule has 14 heavy (non-hydrogen) atoms. The predicted molar refractivity (Wildman–Crippen MR) is 56.6 cm³/mol. The quantitative estimate of drug-likeness (QED) is 0.606. The van der Waals surface area contributed by atoms with Crippen molar-refractivity contribution in [2.45, 2.75) is 51.9 Å². The molecular weight excluding hydrogens is 176 g/mol. The van der Waals surface area contributed by atoms with Crippen molar-refractivity contribution in [3.8, 4) is 6.07 Å². The van der Waals surface area contributed by atoms with Gasteiger partial charge < -0.3 is 5.32 Å². The molecule has 0 atom stereocenters. The van der Waals surface area contributed by atoms with Crippen LogP contribution in [0.4, 0.5) is 0 Å². The van der Waals surface area contributed by atoms with Crippen LogP contribution in [-0.2, 0) is 4.79 Å². The summed E-state index contributed by atoms with van der Waals surface area (Å²) in [6, 6.07) is 2.09. The summed E-state index contributed by atoms with van der Waals surface area (Å²) in [7, 11) is 0. The van der Waals surface area contributed by atoms with Gasteiger partial charge >= 0.3 is 0 Å². The van der Waals surface area contributed by atoms with Gasteiger partial charge in [-0.05, 0) is 19.3 Å². The molecule has 0 rings (SSSR count). The van der Waals surface area contributed by atoms with Gasteiger partial charge in [-0.15, -0.1) is 0 Å². The van der Waals surface area contributed by atoms with Crippen molar-refractivity contribution < 1.29 is 4.79 Å². The van der Waals surface area contributed by atoms with E-state index in [1.807, 2.05) is 0 Å². The Kier molecular flexibility index (Phi) is 9.30. The van der Waals surface area contributed by atoms with E-state index < -0.39 is 0 Å². The Hall–Kier alpha value is -1.04. The van der Waals surface area contributed by atoms with E-state index >= 15 is 0 Å². The smallest absolute Gasteiger partial charge is 0.219 e. The van der Waals surface area contributed by atoms with Crippen LogP contribution in [0.25, 0.3) is 0 Å². The zero-order valence-electron chi connectivity index (χ0n) is 9.01. The Morgan fingerprint density at radius 3 is 2.71 bits per heavy atom. The molecule has 0 unspecified atom stereocenters. The minimum atomic E-state index is 0.149. The molecule has 3 heteroatoms. The molecule has 0 heterocycles. The fourth-order valence-corrected chi connectivity index (χ4v) is 1.18. The zero-order valence-corrected chi connectivity index (χ0v) is 9.01. The Labute approximate surface area is 86.5 Å². The van der Waals surface area contributed by atoms with Crippen LogP contribution in [0.1, 0.15) is 51.9 Å². The number of unbranched alkanes of at least 4 members (excludes halogenated alkanes) is 4. The van der Waals surface area contributed by atoms with E-state index in [-0.39, 0.29) is 5.91 Å². The van der Waals surface area contributed by atoms with E-state index in [4.69, 9.17) is 5.26 Å². The summed E-state index contributed by atoms with van der Waals surface area (Å²) in [5, 5.41) is 11.1. The summed E-state index contributed by atoms with van der Waals surface area (Å²) in [6.45, 7) is 2.84. The Balaban J connectivity index is 3.15. The fourth-order valence-electron chi connectivity index (χ4n) is 1.18. The lowest BCUT2D eigenvalue weighted by atomic mass is 10.2. The molecule has 80 valence electrons. The Morgan fingerprint density at radius 2 is 2.07 bits per heavy atom. The minimum Gasteiger partial charge on any atom is -0.356 e. The average molecular weight is 196 g/mol. The van der Waals surface area contributed by atoms with Gasteiger partial charge in [-0.25, -0.2) is 0 Å². The van der Waals surface area contributed by atoms with Gasteiger partial charge in [0.25, 0.3) is 0 Å². The third-order valence-corrected chi connectivity index (χ3v) is 2.04. The number of hydrogen-bond acceptors (Lipinski definition) is 2. The summed E-state index contributed by atoms with van der Waals surface area (Å²) in [6.07, 6.45) is 6.29. The van der Waals surface area contributed by atoms with Crippen LogP contribution in [-0.4, -0.2) is 12.5 Å². The normalized spacial score (nSPS) is 9.43. The first kappa shape index (κ1) is 13.0. The van der Waals surface area contributed by atoms with E-state index in [0.717, 1.165) is 32.1 Å². The second kappa shape index (κ2) is 10.0. The van der Waals surface area contributed by atoms with Gasteiger partial charge in [0.2, 0.25) is 5.91 Å². The number of carbonyl (C=O) groups is 1. The van der Waals surface area contributed by atoms with E-state index in [1.165, 1.54) is 0 Å². The second-order valence-corrected chi connectivity index (χ2v) is 3.42. The van der Waals surface area contributed by atoms with E-state index in [9.17, 15) is 4.79 Å². The summed E-state index contributed by atoms with van der Waals surface area (Å²) in [4.78, 5) is 11.2. The van der Waals surface area contributed by atoms with Crippen molar-refractivity contribution in [2.75, 3.05) is 6.54 Å². The Bertz CT molecular complexity index is 184.